The molecule has 1 saturated heterocycles. The van der Waals surface area contributed by atoms with E-state index in [-0.39, 0.29) is 11.4 Å². The smallest absolute Gasteiger partial charge is 0.327 e. The summed E-state index contributed by atoms with van der Waals surface area (Å²) in [5, 5.41) is 0. The first-order chi connectivity index (χ1) is 10.2. The first-order valence-corrected chi connectivity index (χ1v) is 7.92. The van der Waals surface area contributed by atoms with Crippen molar-refractivity contribution in [3.05, 3.63) is 41.3 Å². The molecule has 2 atom stereocenters. The van der Waals surface area contributed by atoms with Crippen LogP contribution in [0.2, 0.25) is 0 Å². The van der Waals surface area contributed by atoms with Crippen molar-refractivity contribution in [2.45, 2.75) is 36.9 Å². The molecular weight excluding hydrogens is 315 g/mol. The van der Waals surface area contributed by atoms with E-state index in [0.29, 0.717) is 17.7 Å². The Balaban J connectivity index is 2.19. The van der Waals surface area contributed by atoms with E-state index in [1.54, 1.807) is 24.3 Å². The minimum absolute atomic E-state index is 0.00707. The Morgan fingerprint density at radius 2 is 1.91 bits per heavy atom. The summed E-state index contributed by atoms with van der Waals surface area (Å²) in [6, 6.07) is 6.01. The molecule has 0 N–H and O–H groups in total. The normalized spacial score (nSPS) is 20.0. The first kappa shape index (κ1) is 16.7. The van der Waals surface area contributed by atoms with Crippen LogP contribution in [0.25, 0.3) is 0 Å². The van der Waals surface area contributed by atoms with Crippen molar-refractivity contribution in [1.29, 1.82) is 0 Å². The van der Waals surface area contributed by atoms with Gasteiger partial charge in [-0.3, -0.25) is 4.79 Å². The third kappa shape index (κ3) is 3.40. The number of hydrogen-bond donors (Lipinski definition) is 0. The van der Waals surface area contributed by atoms with E-state index in [9.17, 15) is 22.2 Å². The summed E-state index contributed by atoms with van der Waals surface area (Å²) in [6.45, 7) is 5.57. The highest BCUT2D eigenvalue weighted by atomic mass is 32.2. The lowest BCUT2D eigenvalue weighted by Crippen LogP contribution is -2.44. The monoisotopic (exact) mass is 331 g/mol. The van der Waals surface area contributed by atoms with E-state index in [1.165, 1.54) is 0 Å². The highest BCUT2D eigenvalue weighted by Crippen LogP contribution is 2.31. The van der Waals surface area contributed by atoms with Gasteiger partial charge in [0, 0.05) is 16.3 Å². The van der Waals surface area contributed by atoms with E-state index in [1.807, 2.05) is 6.92 Å². The van der Waals surface area contributed by atoms with E-state index >= 15 is 0 Å². The number of likely N-dealkylation sites (tertiary alicyclic amines) is 1. The van der Waals surface area contributed by atoms with Crippen LogP contribution in [0.3, 0.4) is 0 Å². The maximum atomic E-state index is 12.6. The number of carbonyl (C=O) groups is 1. The molecular formula is C15H16F3NO2S. The Morgan fingerprint density at radius 1 is 1.32 bits per heavy atom. The van der Waals surface area contributed by atoms with E-state index in [4.69, 9.17) is 0 Å². The number of aryl methyl sites for hydroxylation is 1. The van der Waals surface area contributed by atoms with Gasteiger partial charge < -0.3 is 4.90 Å². The molecule has 0 aromatic heterocycles. The Labute approximate surface area is 129 Å². The van der Waals surface area contributed by atoms with E-state index in [0.717, 1.165) is 10.5 Å². The molecule has 0 spiro atoms. The number of carbonyl (C=O) groups excluding carboxylic acids is 1. The average molecular weight is 331 g/mol. The maximum absolute atomic E-state index is 12.6. The van der Waals surface area contributed by atoms with Crippen molar-refractivity contribution in [3.63, 3.8) is 0 Å². The lowest BCUT2D eigenvalue weighted by atomic mass is 10.2. The van der Waals surface area contributed by atoms with E-state index in [2.05, 4.69) is 6.58 Å². The van der Waals surface area contributed by atoms with Crippen molar-refractivity contribution in [3.8, 4) is 0 Å². The van der Waals surface area contributed by atoms with Crippen LogP contribution < -0.4 is 0 Å². The minimum Gasteiger partial charge on any atom is -0.327 e. The fourth-order valence-corrected chi connectivity index (χ4v) is 3.62. The predicted molar refractivity (Wildman–Crippen MR) is 77.5 cm³/mol. The lowest BCUT2D eigenvalue weighted by Gasteiger charge is -2.26. The van der Waals surface area contributed by atoms with Crippen LogP contribution in [0.1, 0.15) is 18.4 Å². The summed E-state index contributed by atoms with van der Waals surface area (Å²) in [5.74, 6) is -1.89. The summed E-state index contributed by atoms with van der Waals surface area (Å²) >= 11 is 0. The van der Waals surface area contributed by atoms with Gasteiger partial charge in [0.05, 0.1) is 16.8 Å². The summed E-state index contributed by atoms with van der Waals surface area (Å²) in [6.07, 6.45) is -4.14. The quantitative estimate of drug-likeness (QED) is 0.853. The maximum Gasteiger partial charge on any atom is 0.471 e. The zero-order valence-corrected chi connectivity index (χ0v) is 12.8. The average Bonchev–Trinajstić information content (AvgIpc) is 2.93. The molecule has 1 amide bonds. The SMILES string of the molecule is C=C([C@H]1CCCN1C(=O)C(F)(F)F)S(=O)c1ccc(C)cc1. The molecule has 0 radical (unpaired) electrons. The highest BCUT2D eigenvalue weighted by Gasteiger charge is 2.47. The molecule has 7 heteroatoms. The molecule has 1 unspecified atom stereocenters. The molecule has 0 saturated carbocycles. The molecule has 2 rings (SSSR count). The van der Waals surface area contributed by atoms with Gasteiger partial charge in [0.25, 0.3) is 0 Å². The Kier molecular flexibility index (Phi) is 4.75. The molecule has 0 bridgehead atoms. The molecule has 1 aliphatic rings. The molecule has 1 fully saturated rings. The summed E-state index contributed by atoms with van der Waals surface area (Å²) in [5.41, 5.74) is 0.987. The molecule has 0 aliphatic carbocycles. The fraction of sp³-hybridized carbons (Fsp3) is 0.400. The van der Waals surface area contributed by atoms with Crippen LogP contribution in [0.5, 0.6) is 0 Å². The van der Waals surface area contributed by atoms with Gasteiger partial charge in [0.1, 0.15) is 0 Å². The molecule has 1 aliphatic heterocycles. The Bertz CT molecular complexity index is 610. The van der Waals surface area contributed by atoms with Crippen molar-refractivity contribution in [2.75, 3.05) is 6.54 Å². The molecule has 22 heavy (non-hydrogen) atoms. The van der Waals surface area contributed by atoms with Gasteiger partial charge in [0.2, 0.25) is 0 Å². The first-order valence-electron chi connectivity index (χ1n) is 6.77. The number of amides is 1. The topological polar surface area (TPSA) is 37.4 Å². The molecule has 120 valence electrons. The van der Waals surface area contributed by atoms with Gasteiger partial charge in [-0.2, -0.15) is 13.2 Å². The fourth-order valence-electron chi connectivity index (χ4n) is 2.44. The number of rotatable bonds is 3. The second kappa shape index (κ2) is 6.24. The number of nitrogens with zero attached hydrogens (tertiary/aromatic N) is 1. The molecule has 1 aromatic rings. The van der Waals surface area contributed by atoms with Crippen molar-refractivity contribution in [1.82, 2.24) is 4.90 Å². The van der Waals surface area contributed by atoms with Crippen molar-refractivity contribution in [2.24, 2.45) is 0 Å². The largest absolute Gasteiger partial charge is 0.471 e. The summed E-state index contributed by atoms with van der Waals surface area (Å²) in [7, 11) is -1.65. The third-order valence-electron chi connectivity index (χ3n) is 3.60. The molecule has 3 nitrogen and oxygen atoms in total. The van der Waals surface area contributed by atoms with Crippen LogP contribution in [0.4, 0.5) is 13.2 Å². The van der Waals surface area contributed by atoms with Crippen LogP contribution >= 0.6 is 0 Å². The van der Waals surface area contributed by atoms with Crippen molar-refractivity contribution < 1.29 is 22.2 Å². The van der Waals surface area contributed by atoms with Gasteiger partial charge >= 0.3 is 12.1 Å². The zero-order chi connectivity index (χ0) is 16.5. The zero-order valence-electron chi connectivity index (χ0n) is 12.0. The third-order valence-corrected chi connectivity index (χ3v) is 5.05. The Morgan fingerprint density at radius 3 is 2.45 bits per heavy atom. The predicted octanol–water partition coefficient (Wildman–Crippen LogP) is 3.17. The number of benzene rings is 1. The van der Waals surface area contributed by atoms with Gasteiger partial charge in [0.15, 0.2) is 0 Å². The number of halogens is 3. The van der Waals surface area contributed by atoms with E-state index < -0.39 is 28.9 Å². The van der Waals surface area contributed by atoms with Crippen LogP contribution in [-0.4, -0.2) is 33.8 Å². The Hall–Kier alpha value is -1.63. The lowest BCUT2D eigenvalue weighted by molar-refractivity contribution is -0.185. The van der Waals surface area contributed by atoms with Crippen molar-refractivity contribution >= 4 is 16.7 Å². The van der Waals surface area contributed by atoms with Gasteiger partial charge in [-0.05, 0) is 31.9 Å². The van der Waals surface area contributed by atoms with Gasteiger partial charge in [-0.1, -0.05) is 24.3 Å². The molecule has 1 aromatic carbocycles. The highest BCUT2D eigenvalue weighted by molar-refractivity contribution is 7.89. The van der Waals surface area contributed by atoms with Gasteiger partial charge in [-0.25, -0.2) is 4.21 Å². The van der Waals surface area contributed by atoms with Crippen LogP contribution in [0.15, 0.2) is 40.6 Å². The standard InChI is InChI=1S/C15H16F3NO2S/c1-10-5-7-12(8-6-10)22(21)11(2)13-4-3-9-19(13)14(20)15(16,17)18/h5-8,13H,2-4,9H2,1H3/t13-,22?/m1/s1. The number of hydrogen-bond acceptors (Lipinski definition) is 2. The summed E-state index contributed by atoms with van der Waals surface area (Å²) in [4.78, 5) is 12.8. The summed E-state index contributed by atoms with van der Waals surface area (Å²) < 4.78 is 50.3. The second-order valence-electron chi connectivity index (χ2n) is 5.20. The molecule has 1 heterocycles. The van der Waals surface area contributed by atoms with Gasteiger partial charge in [-0.15, -0.1) is 0 Å². The second-order valence-corrected chi connectivity index (χ2v) is 6.74. The van der Waals surface area contributed by atoms with Crippen LogP contribution in [-0.2, 0) is 15.6 Å². The number of alkyl halides is 3. The minimum atomic E-state index is -4.92. The van der Waals surface area contributed by atoms with Crippen LogP contribution in [0, 0.1) is 6.92 Å².